The summed E-state index contributed by atoms with van der Waals surface area (Å²) in [7, 11) is -3.26. The Kier molecular flexibility index (Phi) is 7.07. The summed E-state index contributed by atoms with van der Waals surface area (Å²) in [6.45, 7) is 6.77. The van der Waals surface area contributed by atoms with Crippen LogP contribution in [-0.2, 0) is 18.4 Å². The van der Waals surface area contributed by atoms with Crippen LogP contribution in [0.1, 0.15) is 27.7 Å². The molecule has 0 rings (SSSR count). The zero-order valence-electron chi connectivity index (χ0n) is 10.3. The second-order valence-electron chi connectivity index (χ2n) is 3.59. The van der Waals surface area contributed by atoms with Crippen molar-refractivity contribution in [3.63, 3.8) is 0 Å². The Morgan fingerprint density at radius 3 is 2.00 bits per heavy atom. The molecule has 0 fully saturated rings. The molecule has 2 atom stereocenters. The number of aliphatic hydroxyl groups excluding tert-OH is 1. The van der Waals surface area contributed by atoms with E-state index in [0.29, 0.717) is 0 Å². The summed E-state index contributed by atoms with van der Waals surface area (Å²) in [5.41, 5.74) is 0. The predicted octanol–water partition coefficient (Wildman–Crippen LogP) is 1.84. The fourth-order valence-corrected chi connectivity index (χ4v) is 3.51. The first kappa shape index (κ1) is 15.8. The third-order valence-corrected chi connectivity index (χ3v) is 4.32. The van der Waals surface area contributed by atoms with E-state index in [1.807, 2.05) is 0 Å². The van der Waals surface area contributed by atoms with Crippen molar-refractivity contribution in [1.29, 1.82) is 0 Å². The summed E-state index contributed by atoms with van der Waals surface area (Å²) in [4.78, 5) is 11.3. The lowest BCUT2D eigenvalue weighted by Crippen LogP contribution is -2.28. The molecule has 0 amide bonds. The maximum Gasteiger partial charge on any atom is 0.331 e. The molecule has 0 aliphatic heterocycles. The van der Waals surface area contributed by atoms with Crippen molar-refractivity contribution in [1.82, 2.24) is 0 Å². The molecule has 5 nitrogen and oxygen atoms in total. The van der Waals surface area contributed by atoms with Crippen molar-refractivity contribution in [2.75, 3.05) is 19.4 Å². The van der Waals surface area contributed by atoms with E-state index in [1.54, 1.807) is 13.8 Å². The number of carbonyl (C=O) groups is 1. The Morgan fingerprint density at radius 1 is 1.31 bits per heavy atom. The number of carbonyl (C=O) groups excluding carboxylic acids is 1. The molecule has 16 heavy (non-hydrogen) atoms. The minimum atomic E-state index is -3.26. The normalized spacial score (nSPS) is 15.8. The Morgan fingerprint density at radius 2 is 1.75 bits per heavy atom. The van der Waals surface area contributed by atoms with E-state index < -0.39 is 19.6 Å². The Hall–Kier alpha value is -0.220. The highest BCUT2D eigenvalue weighted by Crippen LogP contribution is 2.50. The first-order chi connectivity index (χ1) is 7.36. The Bertz CT molecular complexity index is 254. The van der Waals surface area contributed by atoms with Crippen LogP contribution in [0.15, 0.2) is 0 Å². The lowest BCUT2D eigenvalue weighted by atomic mass is 10.0. The molecule has 0 heterocycles. The van der Waals surface area contributed by atoms with Gasteiger partial charge in [0.1, 0.15) is 5.78 Å². The minimum absolute atomic E-state index is 0.0678. The molecular formula is C10H21O5P. The molecule has 0 aromatic heterocycles. The topological polar surface area (TPSA) is 72.8 Å². The van der Waals surface area contributed by atoms with Crippen molar-refractivity contribution in [2.45, 2.75) is 33.8 Å². The summed E-state index contributed by atoms with van der Waals surface area (Å²) in [6.07, 6.45) is -0.923. The standard InChI is InChI=1S/C10H21O5P/c1-5-14-16(13,15-6-2)7-10(8(3)11)9(4)12/h8,10-11H,5-7H2,1-4H3/t8-,10+/m0/s1. The van der Waals surface area contributed by atoms with Crippen LogP contribution in [-0.4, -0.2) is 36.4 Å². The average Bonchev–Trinajstić information content (AvgIpc) is 2.14. The van der Waals surface area contributed by atoms with Gasteiger partial charge in [-0.1, -0.05) is 0 Å². The van der Waals surface area contributed by atoms with E-state index in [1.165, 1.54) is 13.8 Å². The van der Waals surface area contributed by atoms with Gasteiger partial charge in [0.25, 0.3) is 0 Å². The number of aliphatic hydroxyl groups is 1. The molecule has 0 aliphatic carbocycles. The molecule has 6 heteroatoms. The van der Waals surface area contributed by atoms with Gasteiger partial charge in [0, 0.05) is 0 Å². The van der Waals surface area contributed by atoms with Crippen LogP contribution >= 0.6 is 7.60 Å². The molecule has 0 saturated carbocycles. The summed E-state index contributed by atoms with van der Waals surface area (Å²) in [5.74, 6) is -0.918. The predicted molar refractivity (Wildman–Crippen MR) is 61.6 cm³/mol. The van der Waals surface area contributed by atoms with Gasteiger partial charge in [0.2, 0.25) is 0 Å². The zero-order valence-corrected chi connectivity index (χ0v) is 11.2. The van der Waals surface area contributed by atoms with Gasteiger partial charge < -0.3 is 14.2 Å². The van der Waals surface area contributed by atoms with E-state index >= 15 is 0 Å². The van der Waals surface area contributed by atoms with Gasteiger partial charge in [-0.05, 0) is 27.7 Å². The fourth-order valence-electron chi connectivity index (χ4n) is 1.40. The molecule has 1 N–H and O–H groups in total. The number of rotatable bonds is 8. The maximum absolute atomic E-state index is 12.1. The molecule has 0 unspecified atom stereocenters. The second-order valence-corrected chi connectivity index (χ2v) is 5.69. The number of hydrogen-bond acceptors (Lipinski definition) is 5. The SMILES string of the molecule is CCOP(=O)(C[C@@H](C(C)=O)[C@H](C)O)OCC. The third kappa shape index (κ3) is 5.21. The van der Waals surface area contributed by atoms with Crippen LogP contribution in [0.3, 0.4) is 0 Å². The zero-order chi connectivity index (χ0) is 12.8. The summed E-state index contributed by atoms with van der Waals surface area (Å²) < 4.78 is 22.3. The lowest BCUT2D eigenvalue weighted by Gasteiger charge is -2.23. The quantitative estimate of drug-likeness (QED) is 0.667. The molecule has 0 saturated heterocycles. The summed E-state index contributed by atoms with van der Waals surface area (Å²) >= 11 is 0. The van der Waals surface area contributed by atoms with Crippen molar-refractivity contribution in [3.05, 3.63) is 0 Å². The number of Topliss-reactive ketones (excluding diaryl/α,β-unsaturated/α-hetero) is 1. The van der Waals surface area contributed by atoms with Gasteiger partial charge in [-0.25, -0.2) is 0 Å². The Balaban J connectivity index is 4.70. The highest BCUT2D eigenvalue weighted by atomic mass is 31.2. The molecule has 0 aliphatic rings. The highest BCUT2D eigenvalue weighted by Gasteiger charge is 2.33. The van der Waals surface area contributed by atoms with Gasteiger partial charge in [0.15, 0.2) is 0 Å². The minimum Gasteiger partial charge on any atom is -0.393 e. The first-order valence-corrected chi connectivity index (χ1v) is 7.15. The largest absolute Gasteiger partial charge is 0.393 e. The summed E-state index contributed by atoms with van der Waals surface area (Å²) in [6, 6.07) is 0. The van der Waals surface area contributed by atoms with Crippen LogP contribution in [0.2, 0.25) is 0 Å². The van der Waals surface area contributed by atoms with Crippen molar-refractivity contribution < 1.29 is 23.5 Å². The molecular weight excluding hydrogens is 231 g/mol. The molecule has 0 aromatic rings. The van der Waals surface area contributed by atoms with Crippen molar-refractivity contribution >= 4 is 13.4 Å². The fraction of sp³-hybridized carbons (Fsp3) is 0.900. The summed E-state index contributed by atoms with van der Waals surface area (Å²) in [5, 5.41) is 9.43. The van der Waals surface area contributed by atoms with Crippen molar-refractivity contribution in [2.24, 2.45) is 5.92 Å². The van der Waals surface area contributed by atoms with E-state index in [4.69, 9.17) is 9.05 Å². The van der Waals surface area contributed by atoms with Crippen LogP contribution < -0.4 is 0 Å². The first-order valence-electron chi connectivity index (χ1n) is 5.43. The number of ketones is 1. The van der Waals surface area contributed by atoms with Crippen LogP contribution in [0.5, 0.6) is 0 Å². The van der Waals surface area contributed by atoms with Crippen LogP contribution in [0.4, 0.5) is 0 Å². The molecule has 0 aromatic carbocycles. The van der Waals surface area contributed by atoms with Gasteiger partial charge in [-0.15, -0.1) is 0 Å². The molecule has 0 radical (unpaired) electrons. The van der Waals surface area contributed by atoms with Gasteiger partial charge >= 0.3 is 7.60 Å². The lowest BCUT2D eigenvalue weighted by molar-refractivity contribution is -0.123. The van der Waals surface area contributed by atoms with E-state index in [-0.39, 0.29) is 25.2 Å². The third-order valence-electron chi connectivity index (χ3n) is 2.18. The second kappa shape index (κ2) is 7.17. The molecule has 0 bridgehead atoms. The number of hydrogen-bond donors (Lipinski definition) is 1. The van der Waals surface area contributed by atoms with E-state index in [2.05, 4.69) is 0 Å². The monoisotopic (exact) mass is 252 g/mol. The Labute approximate surface area is 96.7 Å². The maximum atomic E-state index is 12.1. The van der Waals surface area contributed by atoms with Crippen LogP contribution in [0, 0.1) is 5.92 Å². The van der Waals surface area contributed by atoms with Gasteiger partial charge in [-0.3, -0.25) is 9.36 Å². The molecule has 96 valence electrons. The van der Waals surface area contributed by atoms with Crippen molar-refractivity contribution in [3.8, 4) is 0 Å². The highest BCUT2D eigenvalue weighted by molar-refractivity contribution is 7.53. The van der Waals surface area contributed by atoms with Crippen LogP contribution in [0.25, 0.3) is 0 Å². The van der Waals surface area contributed by atoms with E-state index in [9.17, 15) is 14.5 Å². The average molecular weight is 252 g/mol. The van der Waals surface area contributed by atoms with Gasteiger partial charge in [0.05, 0.1) is 31.4 Å². The molecule has 0 spiro atoms. The smallest absolute Gasteiger partial charge is 0.331 e. The van der Waals surface area contributed by atoms with Gasteiger partial charge in [-0.2, -0.15) is 0 Å². The van der Waals surface area contributed by atoms with E-state index in [0.717, 1.165) is 0 Å².